The highest BCUT2D eigenvalue weighted by Gasteiger charge is 2.18. The van der Waals surface area contributed by atoms with Crippen LogP contribution in [-0.2, 0) is 20.7 Å². The average Bonchev–Trinajstić information content (AvgIpc) is 2.83. The van der Waals surface area contributed by atoms with Crippen LogP contribution in [0.4, 0.5) is 0 Å². The highest BCUT2D eigenvalue weighted by molar-refractivity contribution is 7.98. The third-order valence-electron chi connectivity index (χ3n) is 2.61. The molecule has 1 aromatic heterocycles. The van der Waals surface area contributed by atoms with E-state index in [2.05, 4.69) is 31.1 Å². The Balaban J connectivity index is 2.28. The van der Waals surface area contributed by atoms with Crippen molar-refractivity contribution in [1.82, 2.24) is 4.98 Å². The van der Waals surface area contributed by atoms with Crippen LogP contribution in [0, 0.1) is 0 Å². The molecule has 0 saturated carbocycles. The van der Waals surface area contributed by atoms with Crippen LogP contribution in [0.3, 0.4) is 0 Å². The number of hydrogen-bond acceptors (Lipinski definition) is 6. The molecule has 0 saturated heterocycles. The molecule has 0 radical (unpaired) electrons. The molecular formula is C14H24N2O2S2. The third-order valence-corrected chi connectivity index (χ3v) is 4.95. The van der Waals surface area contributed by atoms with Gasteiger partial charge in [-0.15, -0.1) is 11.3 Å². The van der Waals surface area contributed by atoms with Gasteiger partial charge in [-0.1, -0.05) is 20.8 Å². The van der Waals surface area contributed by atoms with E-state index in [1.807, 2.05) is 0 Å². The summed E-state index contributed by atoms with van der Waals surface area (Å²) in [7, 11) is 0. The molecule has 6 heteroatoms. The van der Waals surface area contributed by atoms with Crippen LogP contribution in [-0.4, -0.2) is 29.4 Å². The zero-order valence-corrected chi connectivity index (χ0v) is 14.3. The van der Waals surface area contributed by atoms with Crippen LogP contribution in [0.1, 0.15) is 44.8 Å². The van der Waals surface area contributed by atoms with Crippen molar-refractivity contribution in [3.05, 3.63) is 16.1 Å². The first-order chi connectivity index (χ1) is 9.34. The number of thioether (sulfide) groups is 1. The smallest absolute Gasteiger partial charge is 0.322 e. The van der Waals surface area contributed by atoms with Crippen LogP contribution in [0.15, 0.2) is 5.38 Å². The Morgan fingerprint density at radius 1 is 1.55 bits per heavy atom. The topological polar surface area (TPSA) is 65.2 Å². The van der Waals surface area contributed by atoms with Crippen molar-refractivity contribution in [2.45, 2.75) is 51.3 Å². The maximum Gasteiger partial charge on any atom is 0.322 e. The van der Waals surface area contributed by atoms with Gasteiger partial charge >= 0.3 is 5.97 Å². The van der Waals surface area contributed by atoms with Crippen molar-refractivity contribution in [3.8, 4) is 0 Å². The molecule has 0 aromatic carbocycles. The molecule has 0 aliphatic carbocycles. The third kappa shape index (κ3) is 5.81. The van der Waals surface area contributed by atoms with Crippen molar-refractivity contribution >= 4 is 29.1 Å². The SMILES string of the molecule is CCOC(=O)C(N)CCSCc1csc(C(C)(C)C)n1. The summed E-state index contributed by atoms with van der Waals surface area (Å²) >= 11 is 3.46. The summed E-state index contributed by atoms with van der Waals surface area (Å²) in [6, 6.07) is -0.511. The number of hydrogen-bond donors (Lipinski definition) is 1. The monoisotopic (exact) mass is 316 g/mol. The van der Waals surface area contributed by atoms with Gasteiger partial charge in [-0.25, -0.2) is 4.98 Å². The molecule has 4 nitrogen and oxygen atoms in total. The van der Waals surface area contributed by atoms with E-state index in [9.17, 15) is 4.79 Å². The van der Waals surface area contributed by atoms with Gasteiger partial charge in [0.1, 0.15) is 6.04 Å². The molecule has 1 rings (SSSR count). The van der Waals surface area contributed by atoms with Crippen molar-refractivity contribution in [2.75, 3.05) is 12.4 Å². The van der Waals surface area contributed by atoms with Gasteiger partial charge < -0.3 is 10.5 Å². The normalized spacial score (nSPS) is 13.2. The summed E-state index contributed by atoms with van der Waals surface area (Å²) in [5, 5.41) is 3.27. The predicted octanol–water partition coefficient (Wildman–Crippen LogP) is 2.95. The summed E-state index contributed by atoms with van der Waals surface area (Å²) in [4.78, 5) is 16.0. The lowest BCUT2D eigenvalue weighted by molar-refractivity contribution is -0.144. The van der Waals surface area contributed by atoms with Gasteiger partial charge in [0.05, 0.1) is 17.3 Å². The molecule has 2 N–H and O–H groups in total. The van der Waals surface area contributed by atoms with E-state index < -0.39 is 6.04 Å². The Morgan fingerprint density at radius 2 is 2.25 bits per heavy atom. The molecule has 20 heavy (non-hydrogen) atoms. The Bertz CT molecular complexity index is 427. The molecule has 0 spiro atoms. The standard InChI is InChI=1S/C14H24N2O2S2/c1-5-18-12(17)11(15)6-7-19-8-10-9-20-13(16-10)14(2,3)4/h9,11H,5-8,15H2,1-4H3. The molecule has 0 amide bonds. The van der Waals surface area contributed by atoms with Gasteiger partial charge in [0.25, 0.3) is 0 Å². The number of nitrogens with two attached hydrogens (primary N) is 1. The molecular weight excluding hydrogens is 292 g/mol. The Morgan fingerprint density at radius 3 is 2.80 bits per heavy atom. The van der Waals surface area contributed by atoms with Gasteiger partial charge in [-0.2, -0.15) is 11.8 Å². The fourth-order valence-electron chi connectivity index (χ4n) is 1.47. The Kier molecular flexibility index (Phi) is 6.99. The molecule has 1 aromatic rings. The van der Waals surface area contributed by atoms with Crippen molar-refractivity contribution in [2.24, 2.45) is 5.73 Å². The first-order valence-electron chi connectivity index (χ1n) is 6.79. The molecule has 0 bridgehead atoms. The van der Waals surface area contributed by atoms with Gasteiger partial charge in [-0.05, 0) is 19.1 Å². The quantitative estimate of drug-likeness (QED) is 0.619. The molecule has 0 aliphatic rings. The number of aromatic nitrogens is 1. The van der Waals surface area contributed by atoms with Crippen molar-refractivity contribution in [1.29, 1.82) is 0 Å². The molecule has 0 aliphatic heterocycles. The first kappa shape index (κ1) is 17.5. The van der Waals surface area contributed by atoms with E-state index in [0.717, 1.165) is 22.2 Å². The Hall–Kier alpha value is -0.590. The maximum absolute atomic E-state index is 11.4. The van der Waals surface area contributed by atoms with Crippen LogP contribution >= 0.6 is 23.1 Å². The van der Waals surface area contributed by atoms with E-state index >= 15 is 0 Å². The van der Waals surface area contributed by atoms with E-state index in [0.29, 0.717) is 13.0 Å². The minimum atomic E-state index is -0.511. The lowest BCUT2D eigenvalue weighted by Gasteiger charge is -2.13. The molecule has 1 atom stereocenters. The fraction of sp³-hybridized carbons (Fsp3) is 0.714. The summed E-state index contributed by atoms with van der Waals surface area (Å²) in [5.41, 5.74) is 6.96. The van der Waals surface area contributed by atoms with E-state index in [4.69, 9.17) is 10.5 Å². The fourth-order valence-corrected chi connectivity index (χ4v) is 3.41. The van der Waals surface area contributed by atoms with Gasteiger partial charge in [0.2, 0.25) is 0 Å². The van der Waals surface area contributed by atoms with Crippen molar-refractivity contribution < 1.29 is 9.53 Å². The highest BCUT2D eigenvalue weighted by Crippen LogP contribution is 2.27. The van der Waals surface area contributed by atoms with E-state index in [-0.39, 0.29) is 11.4 Å². The molecule has 114 valence electrons. The number of rotatable bonds is 7. The summed E-state index contributed by atoms with van der Waals surface area (Å²) in [5.74, 6) is 1.39. The van der Waals surface area contributed by atoms with Gasteiger partial charge in [-0.3, -0.25) is 4.79 Å². The molecule has 0 fully saturated rings. The van der Waals surface area contributed by atoms with Crippen LogP contribution < -0.4 is 5.73 Å². The summed E-state index contributed by atoms with van der Waals surface area (Å²) in [6.07, 6.45) is 0.639. The number of carbonyl (C=O) groups is 1. The predicted molar refractivity (Wildman–Crippen MR) is 86.2 cm³/mol. The average molecular weight is 316 g/mol. The lowest BCUT2D eigenvalue weighted by Crippen LogP contribution is -2.32. The zero-order valence-electron chi connectivity index (χ0n) is 12.6. The zero-order chi connectivity index (χ0) is 15.2. The summed E-state index contributed by atoms with van der Waals surface area (Å²) < 4.78 is 4.88. The second-order valence-corrected chi connectivity index (χ2v) is 7.56. The highest BCUT2D eigenvalue weighted by atomic mass is 32.2. The number of ether oxygens (including phenoxy) is 1. The number of esters is 1. The second-order valence-electron chi connectivity index (χ2n) is 5.59. The number of nitrogens with zero attached hydrogens (tertiary/aromatic N) is 1. The summed E-state index contributed by atoms with van der Waals surface area (Å²) in [6.45, 7) is 8.67. The van der Waals surface area contributed by atoms with Crippen molar-refractivity contribution in [3.63, 3.8) is 0 Å². The van der Waals surface area contributed by atoms with Crippen LogP contribution in [0.2, 0.25) is 0 Å². The lowest BCUT2D eigenvalue weighted by atomic mass is 9.98. The van der Waals surface area contributed by atoms with E-state index in [1.165, 1.54) is 0 Å². The van der Waals surface area contributed by atoms with Gasteiger partial charge in [0.15, 0.2) is 0 Å². The number of thiazole rings is 1. The first-order valence-corrected chi connectivity index (χ1v) is 8.83. The minimum absolute atomic E-state index is 0.111. The van der Waals surface area contributed by atoms with Crippen LogP contribution in [0.5, 0.6) is 0 Å². The number of carbonyl (C=O) groups excluding carboxylic acids is 1. The molecule has 1 heterocycles. The van der Waals surface area contributed by atoms with Crippen LogP contribution in [0.25, 0.3) is 0 Å². The largest absolute Gasteiger partial charge is 0.465 e. The minimum Gasteiger partial charge on any atom is -0.465 e. The van der Waals surface area contributed by atoms with Gasteiger partial charge in [0, 0.05) is 16.5 Å². The second kappa shape index (κ2) is 8.00. The maximum atomic E-state index is 11.4. The van der Waals surface area contributed by atoms with E-state index in [1.54, 1.807) is 30.0 Å². The molecule has 1 unspecified atom stereocenters. The Labute approximate surface area is 129 Å².